The van der Waals surface area contributed by atoms with E-state index in [0.717, 1.165) is 11.3 Å². The first-order chi connectivity index (χ1) is 11.0. The van der Waals surface area contributed by atoms with E-state index >= 15 is 0 Å². The van der Waals surface area contributed by atoms with E-state index in [4.69, 9.17) is 4.74 Å². The second-order valence-corrected chi connectivity index (χ2v) is 6.87. The number of likely N-dealkylation sites (N-methyl/N-ethyl adjacent to an activating group) is 1. The lowest BCUT2D eigenvalue weighted by Crippen LogP contribution is -2.42. The molecule has 0 saturated carbocycles. The molecule has 8 nitrogen and oxygen atoms in total. The van der Waals surface area contributed by atoms with Crippen LogP contribution in [0.2, 0.25) is 0 Å². The molecule has 1 rings (SSSR count). The molecule has 0 spiro atoms. The average molecular weight is 339 g/mol. The lowest BCUT2D eigenvalue weighted by atomic mass is 10.1. The van der Waals surface area contributed by atoms with Crippen molar-refractivity contribution < 1.29 is 14.3 Å². The fourth-order valence-corrected chi connectivity index (χ4v) is 2.14. The molecule has 24 heavy (non-hydrogen) atoms. The first kappa shape index (κ1) is 19.8. The topological polar surface area (TPSA) is 88.5 Å². The highest BCUT2D eigenvalue weighted by Gasteiger charge is 2.19. The van der Waals surface area contributed by atoms with Crippen molar-refractivity contribution in [3.05, 3.63) is 17.5 Å². The zero-order valence-electron chi connectivity index (χ0n) is 15.6. The van der Waals surface area contributed by atoms with E-state index in [1.165, 1.54) is 4.90 Å². The molecule has 3 amide bonds. The number of rotatable bonds is 5. The van der Waals surface area contributed by atoms with Crippen molar-refractivity contribution in [2.24, 2.45) is 7.05 Å². The number of urea groups is 1. The van der Waals surface area contributed by atoms with Gasteiger partial charge in [0, 0.05) is 38.9 Å². The number of aromatic nitrogens is 2. The Hall–Kier alpha value is -2.25. The molecule has 0 aliphatic rings. The van der Waals surface area contributed by atoms with Gasteiger partial charge in [0.25, 0.3) is 0 Å². The van der Waals surface area contributed by atoms with Gasteiger partial charge in [-0.3, -0.25) is 4.68 Å². The van der Waals surface area contributed by atoms with Gasteiger partial charge >= 0.3 is 12.1 Å². The number of carbonyl (C=O) groups excluding carboxylic acids is 2. The number of carbonyl (C=O) groups is 2. The average Bonchev–Trinajstić information content (AvgIpc) is 2.75. The fourth-order valence-electron chi connectivity index (χ4n) is 2.14. The fraction of sp³-hybridized carbons (Fsp3) is 0.688. The SMILES string of the molecule is Cc1nn(C)cc1C(C)NC(=O)NCCN(C)C(=O)OC(C)(C)C. The Morgan fingerprint density at radius 2 is 2.04 bits per heavy atom. The Morgan fingerprint density at radius 3 is 2.54 bits per heavy atom. The summed E-state index contributed by atoms with van der Waals surface area (Å²) in [6.07, 6.45) is 1.47. The number of aryl methyl sites for hydroxylation is 2. The number of amides is 3. The molecule has 1 aromatic heterocycles. The first-order valence-corrected chi connectivity index (χ1v) is 7.98. The lowest BCUT2D eigenvalue weighted by molar-refractivity contribution is 0.0301. The minimum atomic E-state index is -0.535. The maximum atomic E-state index is 11.9. The summed E-state index contributed by atoms with van der Waals surface area (Å²) in [5.74, 6) is 0. The van der Waals surface area contributed by atoms with Crippen molar-refractivity contribution in [1.29, 1.82) is 0 Å². The Bertz CT molecular complexity index is 577. The summed E-state index contributed by atoms with van der Waals surface area (Å²) in [4.78, 5) is 25.2. The number of hydrogen-bond acceptors (Lipinski definition) is 4. The minimum absolute atomic E-state index is 0.151. The largest absolute Gasteiger partial charge is 0.444 e. The van der Waals surface area contributed by atoms with Crippen molar-refractivity contribution in [2.45, 2.75) is 46.3 Å². The molecular weight excluding hydrogens is 310 g/mol. The second-order valence-electron chi connectivity index (χ2n) is 6.87. The Kier molecular flexibility index (Phi) is 6.62. The Balaban J connectivity index is 2.36. The first-order valence-electron chi connectivity index (χ1n) is 7.98. The van der Waals surface area contributed by atoms with Gasteiger partial charge in [-0.1, -0.05) is 0 Å². The molecule has 0 bridgehead atoms. The highest BCUT2D eigenvalue weighted by molar-refractivity contribution is 5.74. The summed E-state index contributed by atoms with van der Waals surface area (Å²) in [5, 5.41) is 9.85. The molecular formula is C16H29N5O3. The summed E-state index contributed by atoms with van der Waals surface area (Å²) >= 11 is 0. The van der Waals surface area contributed by atoms with E-state index < -0.39 is 11.7 Å². The van der Waals surface area contributed by atoms with Crippen molar-refractivity contribution in [3.8, 4) is 0 Å². The van der Waals surface area contributed by atoms with Crippen LogP contribution in [0.1, 0.15) is 45.0 Å². The molecule has 2 N–H and O–H groups in total. The van der Waals surface area contributed by atoms with Gasteiger partial charge in [-0.05, 0) is 34.6 Å². The molecule has 1 heterocycles. The summed E-state index contributed by atoms with van der Waals surface area (Å²) in [6.45, 7) is 9.94. The van der Waals surface area contributed by atoms with Crippen LogP contribution in [-0.4, -0.2) is 52.5 Å². The highest BCUT2D eigenvalue weighted by atomic mass is 16.6. The lowest BCUT2D eigenvalue weighted by Gasteiger charge is -2.24. The van der Waals surface area contributed by atoms with Crippen LogP contribution in [0.15, 0.2) is 6.20 Å². The van der Waals surface area contributed by atoms with Crippen molar-refractivity contribution in [3.63, 3.8) is 0 Å². The van der Waals surface area contributed by atoms with Crippen molar-refractivity contribution >= 4 is 12.1 Å². The molecule has 1 atom stereocenters. The monoisotopic (exact) mass is 339 g/mol. The standard InChI is InChI=1S/C16H29N5O3/c1-11(13-10-21(7)19-12(13)2)18-14(22)17-8-9-20(6)15(23)24-16(3,4)5/h10-11H,8-9H2,1-7H3,(H2,17,18,22). The molecule has 0 fully saturated rings. The minimum Gasteiger partial charge on any atom is -0.444 e. The van der Waals surface area contributed by atoms with Crippen LogP contribution in [0.3, 0.4) is 0 Å². The number of ether oxygens (including phenoxy) is 1. The number of nitrogens with one attached hydrogen (secondary N) is 2. The van der Waals surface area contributed by atoms with Gasteiger partial charge < -0.3 is 20.3 Å². The third-order valence-corrected chi connectivity index (χ3v) is 3.30. The van der Waals surface area contributed by atoms with Gasteiger partial charge in [-0.15, -0.1) is 0 Å². The van der Waals surface area contributed by atoms with Gasteiger partial charge in [0.2, 0.25) is 0 Å². The maximum Gasteiger partial charge on any atom is 0.410 e. The molecule has 136 valence electrons. The van der Waals surface area contributed by atoms with Crippen LogP contribution < -0.4 is 10.6 Å². The molecule has 0 radical (unpaired) electrons. The third kappa shape index (κ3) is 6.47. The predicted octanol–water partition coefficient (Wildman–Crippen LogP) is 1.96. The Morgan fingerprint density at radius 1 is 1.42 bits per heavy atom. The summed E-state index contributed by atoms with van der Waals surface area (Å²) in [5.41, 5.74) is 1.32. The van der Waals surface area contributed by atoms with Crippen LogP contribution in [0.5, 0.6) is 0 Å². The summed E-state index contributed by atoms with van der Waals surface area (Å²) in [7, 11) is 3.48. The Labute approximate surface area is 143 Å². The van der Waals surface area contributed by atoms with Gasteiger partial charge in [0.15, 0.2) is 0 Å². The van der Waals surface area contributed by atoms with Crippen LogP contribution in [0.4, 0.5) is 9.59 Å². The van der Waals surface area contributed by atoms with Gasteiger partial charge in [-0.2, -0.15) is 5.10 Å². The highest BCUT2D eigenvalue weighted by Crippen LogP contribution is 2.15. The maximum absolute atomic E-state index is 11.9. The normalized spacial score (nSPS) is 12.5. The van der Waals surface area contributed by atoms with Gasteiger partial charge in [0.05, 0.1) is 11.7 Å². The van der Waals surface area contributed by atoms with E-state index in [1.807, 2.05) is 47.9 Å². The molecule has 1 aromatic rings. The van der Waals surface area contributed by atoms with E-state index in [2.05, 4.69) is 15.7 Å². The van der Waals surface area contributed by atoms with E-state index in [-0.39, 0.29) is 12.1 Å². The number of hydrogen-bond donors (Lipinski definition) is 2. The predicted molar refractivity (Wildman–Crippen MR) is 91.8 cm³/mol. The van der Waals surface area contributed by atoms with Crippen molar-refractivity contribution in [1.82, 2.24) is 25.3 Å². The van der Waals surface area contributed by atoms with E-state index in [0.29, 0.717) is 13.1 Å². The third-order valence-electron chi connectivity index (χ3n) is 3.30. The smallest absolute Gasteiger partial charge is 0.410 e. The van der Waals surface area contributed by atoms with E-state index in [1.54, 1.807) is 11.7 Å². The molecule has 0 aromatic carbocycles. The van der Waals surface area contributed by atoms with Gasteiger partial charge in [-0.25, -0.2) is 9.59 Å². The zero-order valence-corrected chi connectivity index (χ0v) is 15.6. The summed E-state index contributed by atoms with van der Waals surface area (Å²) < 4.78 is 6.96. The van der Waals surface area contributed by atoms with Crippen LogP contribution in [0.25, 0.3) is 0 Å². The van der Waals surface area contributed by atoms with Crippen LogP contribution >= 0.6 is 0 Å². The molecule has 8 heteroatoms. The molecule has 0 saturated heterocycles. The second kappa shape index (κ2) is 8.03. The van der Waals surface area contributed by atoms with Crippen molar-refractivity contribution in [2.75, 3.05) is 20.1 Å². The van der Waals surface area contributed by atoms with Crippen LogP contribution in [0, 0.1) is 6.92 Å². The quantitative estimate of drug-likeness (QED) is 0.858. The molecule has 1 unspecified atom stereocenters. The number of nitrogens with zero attached hydrogens (tertiary/aromatic N) is 3. The molecule has 0 aliphatic heterocycles. The van der Waals surface area contributed by atoms with Crippen LogP contribution in [-0.2, 0) is 11.8 Å². The van der Waals surface area contributed by atoms with E-state index in [9.17, 15) is 9.59 Å². The summed E-state index contributed by atoms with van der Waals surface area (Å²) in [6, 6.07) is -0.439. The zero-order chi connectivity index (χ0) is 18.5. The van der Waals surface area contributed by atoms with Gasteiger partial charge in [0.1, 0.15) is 5.60 Å². The molecule has 0 aliphatic carbocycles.